The Morgan fingerprint density at radius 1 is 1.12 bits per heavy atom. The molecule has 0 amide bonds. The molecule has 0 aliphatic carbocycles. The van der Waals surface area contributed by atoms with Crippen molar-refractivity contribution in [3.8, 4) is 0 Å². The molecular formula is C18H23N3O4S. The smallest absolute Gasteiger partial charge is 0.269 e. The standard InChI is InChI=1S/C18H23N3O4S/c1-12(2)13-4-6-14(7-5-13)17(19)11-15-10-16(21(22)23)8-9-18(15)26(24,25)20-3/h4-10,12,17,20H,11,19H2,1-3H3/t17-/m0/s1. The molecule has 26 heavy (non-hydrogen) atoms. The number of nitrogens with two attached hydrogens (primary N) is 1. The summed E-state index contributed by atoms with van der Waals surface area (Å²) in [7, 11) is -2.45. The molecule has 0 aliphatic rings. The molecule has 0 spiro atoms. The van der Waals surface area contributed by atoms with E-state index in [-0.39, 0.29) is 17.0 Å². The third-order valence-corrected chi connectivity index (χ3v) is 5.80. The predicted molar refractivity (Wildman–Crippen MR) is 101 cm³/mol. The molecule has 2 rings (SSSR count). The molecule has 0 fully saturated rings. The van der Waals surface area contributed by atoms with Gasteiger partial charge < -0.3 is 5.73 Å². The number of rotatable bonds is 7. The summed E-state index contributed by atoms with van der Waals surface area (Å²) in [6, 6.07) is 11.0. The molecule has 8 heteroatoms. The SMILES string of the molecule is CNS(=O)(=O)c1ccc([N+](=O)[O-])cc1C[C@H](N)c1ccc(C(C)C)cc1. The van der Waals surface area contributed by atoms with Gasteiger partial charge in [0.15, 0.2) is 0 Å². The highest BCUT2D eigenvalue weighted by Crippen LogP contribution is 2.26. The normalized spacial score (nSPS) is 13.0. The van der Waals surface area contributed by atoms with Crippen LogP contribution in [-0.4, -0.2) is 20.4 Å². The van der Waals surface area contributed by atoms with Gasteiger partial charge in [-0.25, -0.2) is 13.1 Å². The van der Waals surface area contributed by atoms with Crippen molar-refractivity contribution in [2.45, 2.75) is 37.1 Å². The molecule has 0 aliphatic heterocycles. The molecule has 3 N–H and O–H groups in total. The monoisotopic (exact) mass is 377 g/mol. The maximum Gasteiger partial charge on any atom is 0.269 e. The number of non-ortho nitro benzene ring substituents is 1. The van der Waals surface area contributed by atoms with Crippen molar-refractivity contribution in [1.82, 2.24) is 4.72 Å². The molecule has 7 nitrogen and oxygen atoms in total. The number of hydrogen-bond acceptors (Lipinski definition) is 5. The first-order valence-corrected chi connectivity index (χ1v) is 9.70. The van der Waals surface area contributed by atoms with E-state index in [1.165, 1.54) is 30.8 Å². The van der Waals surface area contributed by atoms with Crippen LogP contribution in [0, 0.1) is 10.1 Å². The third kappa shape index (κ3) is 4.46. The fourth-order valence-electron chi connectivity index (χ4n) is 2.69. The van der Waals surface area contributed by atoms with E-state index >= 15 is 0 Å². The largest absolute Gasteiger partial charge is 0.324 e. The number of nitrogens with one attached hydrogen (secondary N) is 1. The molecule has 0 saturated heterocycles. The second-order valence-electron chi connectivity index (χ2n) is 6.39. The molecule has 2 aromatic rings. The van der Waals surface area contributed by atoms with E-state index in [0.717, 1.165) is 5.56 Å². The van der Waals surface area contributed by atoms with E-state index in [1.54, 1.807) is 0 Å². The maximum absolute atomic E-state index is 12.2. The number of nitro groups is 1. The zero-order valence-electron chi connectivity index (χ0n) is 15.0. The van der Waals surface area contributed by atoms with E-state index in [1.807, 2.05) is 24.3 Å². The lowest BCUT2D eigenvalue weighted by Gasteiger charge is -2.16. The van der Waals surface area contributed by atoms with Crippen LogP contribution in [0.25, 0.3) is 0 Å². The van der Waals surface area contributed by atoms with Crippen LogP contribution >= 0.6 is 0 Å². The van der Waals surface area contributed by atoms with Crippen LogP contribution in [0.2, 0.25) is 0 Å². The van der Waals surface area contributed by atoms with E-state index in [0.29, 0.717) is 11.5 Å². The second kappa shape index (κ2) is 7.94. The fourth-order valence-corrected chi connectivity index (χ4v) is 3.65. The minimum Gasteiger partial charge on any atom is -0.324 e. The molecule has 2 aromatic carbocycles. The zero-order valence-corrected chi connectivity index (χ0v) is 15.8. The van der Waals surface area contributed by atoms with Gasteiger partial charge in [0.1, 0.15) is 0 Å². The number of nitro benzene ring substituents is 1. The highest BCUT2D eigenvalue weighted by Gasteiger charge is 2.22. The van der Waals surface area contributed by atoms with Gasteiger partial charge in [-0.15, -0.1) is 0 Å². The van der Waals surface area contributed by atoms with Crippen LogP contribution in [0.1, 0.15) is 42.5 Å². The molecule has 0 unspecified atom stereocenters. The first-order chi connectivity index (χ1) is 12.2. The number of nitrogens with zero attached hydrogens (tertiary/aromatic N) is 1. The molecule has 0 bridgehead atoms. The average Bonchev–Trinajstić information content (AvgIpc) is 2.61. The lowest BCUT2D eigenvalue weighted by atomic mass is 9.96. The number of hydrogen-bond donors (Lipinski definition) is 2. The van der Waals surface area contributed by atoms with Crippen molar-refractivity contribution in [2.24, 2.45) is 5.73 Å². The van der Waals surface area contributed by atoms with Crippen LogP contribution in [0.5, 0.6) is 0 Å². The van der Waals surface area contributed by atoms with E-state index in [4.69, 9.17) is 5.73 Å². The van der Waals surface area contributed by atoms with E-state index in [2.05, 4.69) is 18.6 Å². The van der Waals surface area contributed by atoms with Gasteiger partial charge in [0.2, 0.25) is 10.0 Å². The van der Waals surface area contributed by atoms with Gasteiger partial charge in [-0.3, -0.25) is 10.1 Å². The van der Waals surface area contributed by atoms with Crippen molar-refractivity contribution >= 4 is 15.7 Å². The van der Waals surface area contributed by atoms with Crippen molar-refractivity contribution in [3.63, 3.8) is 0 Å². The highest BCUT2D eigenvalue weighted by molar-refractivity contribution is 7.89. The molecule has 0 saturated carbocycles. The summed E-state index contributed by atoms with van der Waals surface area (Å²) in [6.07, 6.45) is 0.166. The van der Waals surface area contributed by atoms with Crippen molar-refractivity contribution in [1.29, 1.82) is 0 Å². The zero-order chi connectivity index (χ0) is 19.5. The highest BCUT2D eigenvalue weighted by atomic mass is 32.2. The summed E-state index contributed by atoms with van der Waals surface area (Å²) in [5, 5.41) is 11.0. The molecule has 0 heterocycles. The third-order valence-electron chi connectivity index (χ3n) is 4.28. The van der Waals surface area contributed by atoms with Gasteiger partial charge in [0, 0.05) is 18.2 Å². The summed E-state index contributed by atoms with van der Waals surface area (Å²) in [5.74, 6) is 0.393. The Hall–Kier alpha value is -2.29. The van der Waals surface area contributed by atoms with Gasteiger partial charge >= 0.3 is 0 Å². The number of sulfonamides is 1. The van der Waals surface area contributed by atoms with E-state index in [9.17, 15) is 18.5 Å². The lowest BCUT2D eigenvalue weighted by molar-refractivity contribution is -0.385. The minimum atomic E-state index is -3.75. The molecule has 0 aromatic heterocycles. The minimum absolute atomic E-state index is 0.000138. The van der Waals surface area contributed by atoms with Crippen LogP contribution in [0.15, 0.2) is 47.4 Å². The van der Waals surface area contributed by atoms with Crippen LogP contribution in [0.3, 0.4) is 0 Å². The Balaban J connectivity index is 2.39. The summed E-state index contributed by atoms with van der Waals surface area (Å²) < 4.78 is 26.7. The van der Waals surface area contributed by atoms with Crippen molar-refractivity contribution < 1.29 is 13.3 Å². The van der Waals surface area contributed by atoms with Crippen LogP contribution in [0.4, 0.5) is 5.69 Å². The van der Waals surface area contributed by atoms with Crippen molar-refractivity contribution in [3.05, 3.63) is 69.3 Å². The Morgan fingerprint density at radius 3 is 2.19 bits per heavy atom. The van der Waals surface area contributed by atoms with Gasteiger partial charge in [-0.05, 0) is 42.1 Å². The predicted octanol–water partition coefficient (Wildman–Crippen LogP) is 2.87. The van der Waals surface area contributed by atoms with Crippen LogP contribution in [-0.2, 0) is 16.4 Å². The van der Waals surface area contributed by atoms with E-state index < -0.39 is 21.0 Å². The van der Waals surface area contributed by atoms with Gasteiger partial charge in [-0.1, -0.05) is 38.1 Å². The Labute approximate surface area is 153 Å². The lowest BCUT2D eigenvalue weighted by Crippen LogP contribution is -2.22. The second-order valence-corrected chi connectivity index (χ2v) is 8.24. The summed E-state index contributed by atoms with van der Waals surface area (Å²) in [6.45, 7) is 4.18. The Kier molecular flexibility index (Phi) is 6.12. The topological polar surface area (TPSA) is 115 Å². The van der Waals surface area contributed by atoms with Gasteiger partial charge in [-0.2, -0.15) is 0 Å². The maximum atomic E-state index is 12.2. The summed E-state index contributed by atoms with van der Waals surface area (Å²) in [4.78, 5) is 10.5. The molecule has 0 radical (unpaired) electrons. The Morgan fingerprint density at radius 2 is 1.69 bits per heavy atom. The van der Waals surface area contributed by atoms with Crippen LogP contribution < -0.4 is 10.5 Å². The molecular weight excluding hydrogens is 354 g/mol. The fraction of sp³-hybridized carbons (Fsp3) is 0.333. The molecule has 1 atom stereocenters. The van der Waals surface area contributed by atoms with Crippen molar-refractivity contribution in [2.75, 3.05) is 7.05 Å². The molecule has 140 valence electrons. The average molecular weight is 377 g/mol. The quantitative estimate of drug-likeness (QED) is 0.568. The summed E-state index contributed by atoms with van der Waals surface area (Å²) >= 11 is 0. The first-order valence-electron chi connectivity index (χ1n) is 8.22. The Bertz CT molecular complexity index is 893. The summed E-state index contributed by atoms with van der Waals surface area (Å²) in [5.41, 5.74) is 8.41. The van der Waals surface area contributed by atoms with Gasteiger partial charge in [0.25, 0.3) is 5.69 Å². The van der Waals surface area contributed by atoms with Gasteiger partial charge in [0.05, 0.1) is 9.82 Å². The number of benzene rings is 2. The first kappa shape index (κ1) is 20.0.